The van der Waals surface area contributed by atoms with Crippen LogP contribution in [0.15, 0.2) is 114 Å². The number of carboxylic acid groups (broad SMARTS) is 1. The van der Waals surface area contributed by atoms with Gasteiger partial charge >= 0.3 is 11.8 Å². The average molecular weight is 605 g/mol. The Morgan fingerprint density at radius 3 is 2.31 bits per heavy atom. The molecule has 5 aromatic rings. The standard InChI is InChI=1S/C37H40N4O4/c1-2-33(31-25-39(37(43)44)21-20-34(31)41-35-19-10-9-18-32(35)38-36(41)42)40(23-27-12-5-3-6-13-27)24-29-16-11-17-30(22-29)45-26-28-14-7-4-8-15-28/h3-19,22,31,33-34H,2,20-21,23-26H2,1H3,(H,38,42)(H,43,44). The smallest absolute Gasteiger partial charge is 0.407 e. The molecule has 2 heterocycles. The summed E-state index contributed by atoms with van der Waals surface area (Å²) in [6, 6.07) is 36.3. The molecule has 0 bridgehead atoms. The fourth-order valence-corrected chi connectivity index (χ4v) is 6.89. The highest BCUT2D eigenvalue weighted by molar-refractivity contribution is 5.75. The Kier molecular flexibility index (Phi) is 9.31. The number of hydrogen-bond acceptors (Lipinski definition) is 4. The molecule has 1 saturated heterocycles. The van der Waals surface area contributed by atoms with Gasteiger partial charge in [0.2, 0.25) is 0 Å². The zero-order valence-electron chi connectivity index (χ0n) is 25.6. The second-order valence-corrected chi connectivity index (χ2v) is 11.9. The van der Waals surface area contributed by atoms with Crippen molar-refractivity contribution in [3.8, 4) is 5.75 Å². The van der Waals surface area contributed by atoms with Gasteiger partial charge in [0.15, 0.2) is 0 Å². The van der Waals surface area contributed by atoms with Crippen molar-refractivity contribution >= 4 is 17.1 Å². The molecular weight excluding hydrogens is 564 g/mol. The number of para-hydroxylation sites is 2. The Morgan fingerprint density at radius 1 is 0.911 bits per heavy atom. The van der Waals surface area contributed by atoms with Gasteiger partial charge < -0.3 is 19.7 Å². The lowest BCUT2D eigenvalue weighted by molar-refractivity contribution is 0.0341. The Bertz CT molecular complexity index is 1770. The summed E-state index contributed by atoms with van der Waals surface area (Å²) in [5.41, 5.74) is 4.90. The van der Waals surface area contributed by atoms with Gasteiger partial charge in [-0.1, -0.05) is 91.9 Å². The molecule has 45 heavy (non-hydrogen) atoms. The third-order valence-electron chi connectivity index (χ3n) is 8.99. The molecule has 0 aliphatic carbocycles. The minimum Gasteiger partial charge on any atom is -0.489 e. The number of benzene rings is 4. The highest BCUT2D eigenvalue weighted by Crippen LogP contribution is 2.36. The molecule has 4 aromatic carbocycles. The van der Waals surface area contributed by atoms with Crippen LogP contribution in [-0.2, 0) is 19.7 Å². The first-order valence-corrected chi connectivity index (χ1v) is 15.7. The number of carbonyl (C=O) groups is 1. The van der Waals surface area contributed by atoms with Gasteiger partial charge in [-0.25, -0.2) is 9.59 Å². The van der Waals surface area contributed by atoms with Crippen molar-refractivity contribution in [1.29, 1.82) is 0 Å². The van der Waals surface area contributed by atoms with Crippen LogP contribution < -0.4 is 10.4 Å². The molecule has 6 rings (SSSR count). The van der Waals surface area contributed by atoms with E-state index < -0.39 is 6.09 Å². The fraction of sp³-hybridized carbons (Fsp3) is 0.297. The number of piperidine rings is 1. The number of nitrogens with one attached hydrogen (secondary N) is 1. The third kappa shape index (κ3) is 6.97. The summed E-state index contributed by atoms with van der Waals surface area (Å²) in [6.45, 7) is 4.73. The molecule has 1 aromatic heterocycles. The number of aromatic nitrogens is 2. The van der Waals surface area contributed by atoms with E-state index in [4.69, 9.17) is 4.74 Å². The third-order valence-corrected chi connectivity index (χ3v) is 8.99. The van der Waals surface area contributed by atoms with E-state index in [0.717, 1.165) is 34.3 Å². The van der Waals surface area contributed by atoms with Gasteiger partial charge in [0, 0.05) is 44.2 Å². The summed E-state index contributed by atoms with van der Waals surface area (Å²) < 4.78 is 8.04. The van der Waals surface area contributed by atoms with Crippen LogP contribution in [0.1, 0.15) is 42.5 Å². The van der Waals surface area contributed by atoms with Crippen LogP contribution >= 0.6 is 0 Å². The van der Waals surface area contributed by atoms with Crippen molar-refractivity contribution < 1.29 is 14.6 Å². The van der Waals surface area contributed by atoms with Crippen molar-refractivity contribution in [3.05, 3.63) is 136 Å². The van der Waals surface area contributed by atoms with Crippen molar-refractivity contribution in [1.82, 2.24) is 19.4 Å². The lowest BCUT2D eigenvalue weighted by atomic mass is 9.83. The molecule has 2 N–H and O–H groups in total. The highest BCUT2D eigenvalue weighted by atomic mass is 16.5. The van der Waals surface area contributed by atoms with Crippen molar-refractivity contribution in [2.45, 2.75) is 51.5 Å². The molecule has 8 nitrogen and oxygen atoms in total. The molecular formula is C37H40N4O4. The highest BCUT2D eigenvalue weighted by Gasteiger charge is 2.40. The number of fused-ring (bicyclic) bond motifs is 1. The van der Waals surface area contributed by atoms with E-state index in [2.05, 4.69) is 53.2 Å². The Balaban J connectivity index is 1.34. The molecule has 8 heteroatoms. The van der Waals surface area contributed by atoms with Gasteiger partial charge in [0.1, 0.15) is 12.4 Å². The first-order valence-electron chi connectivity index (χ1n) is 15.7. The predicted octanol–water partition coefficient (Wildman–Crippen LogP) is 6.93. The maximum atomic E-state index is 13.4. The number of H-pyrrole nitrogens is 1. The van der Waals surface area contributed by atoms with E-state index in [0.29, 0.717) is 39.2 Å². The molecule has 0 spiro atoms. The minimum absolute atomic E-state index is 0.00758. The van der Waals surface area contributed by atoms with Crippen molar-refractivity contribution in [3.63, 3.8) is 0 Å². The van der Waals surface area contributed by atoms with Crippen LogP contribution in [0.4, 0.5) is 4.79 Å². The summed E-state index contributed by atoms with van der Waals surface area (Å²) in [5, 5.41) is 10.0. The first kappa shape index (κ1) is 30.2. The monoisotopic (exact) mass is 604 g/mol. The SMILES string of the molecule is CCC(C1CN(C(=O)O)CCC1n1c(=O)[nH]c2ccccc21)N(Cc1ccccc1)Cc1cccc(OCc2ccccc2)c1. The van der Waals surface area contributed by atoms with Gasteiger partial charge in [-0.2, -0.15) is 0 Å². The number of amides is 1. The number of aromatic amines is 1. The van der Waals surface area contributed by atoms with Crippen LogP contribution in [0.25, 0.3) is 11.0 Å². The average Bonchev–Trinajstić information content (AvgIpc) is 3.40. The van der Waals surface area contributed by atoms with Crippen molar-refractivity contribution in [2.75, 3.05) is 13.1 Å². The Morgan fingerprint density at radius 2 is 1.58 bits per heavy atom. The molecule has 1 fully saturated rings. The normalized spacial score (nSPS) is 17.4. The van der Waals surface area contributed by atoms with Gasteiger partial charge in [-0.3, -0.25) is 9.47 Å². The molecule has 0 saturated carbocycles. The summed E-state index contributed by atoms with van der Waals surface area (Å²) >= 11 is 0. The number of hydrogen-bond donors (Lipinski definition) is 2. The van der Waals surface area contributed by atoms with Crippen LogP contribution in [-0.4, -0.2) is 49.7 Å². The summed E-state index contributed by atoms with van der Waals surface area (Å²) in [4.78, 5) is 32.7. The fourth-order valence-electron chi connectivity index (χ4n) is 6.89. The second-order valence-electron chi connectivity index (χ2n) is 11.9. The molecule has 232 valence electrons. The lowest BCUT2D eigenvalue weighted by Crippen LogP contribution is -2.53. The summed E-state index contributed by atoms with van der Waals surface area (Å²) in [5.74, 6) is 0.694. The summed E-state index contributed by atoms with van der Waals surface area (Å²) in [7, 11) is 0. The lowest BCUT2D eigenvalue weighted by Gasteiger charge is -2.45. The zero-order valence-corrected chi connectivity index (χ0v) is 25.6. The number of imidazole rings is 1. The molecule has 3 atom stereocenters. The maximum Gasteiger partial charge on any atom is 0.407 e. The van der Waals surface area contributed by atoms with E-state index in [-0.39, 0.29) is 23.7 Å². The van der Waals surface area contributed by atoms with E-state index in [9.17, 15) is 14.7 Å². The van der Waals surface area contributed by atoms with E-state index >= 15 is 0 Å². The van der Waals surface area contributed by atoms with Gasteiger partial charge in [0.05, 0.1) is 11.0 Å². The number of rotatable bonds is 11. The number of likely N-dealkylation sites (tertiary alicyclic amines) is 1. The molecule has 0 radical (unpaired) electrons. The molecule has 1 aliphatic heterocycles. The number of ether oxygens (including phenoxy) is 1. The van der Waals surface area contributed by atoms with Crippen LogP contribution in [0.3, 0.4) is 0 Å². The molecule has 3 unspecified atom stereocenters. The van der Waals surface area contributed by atoms with Crippen LogP contribution in [0.5, 0.6) is 5.75 Å². The zero-order chi connectivity index (χ0) is 31.2. The van der Waals surface area contributed by atoms with Gasteiger partial charge in [-0.15, -0.1) is 0 Å². The minimum atomic E-state index is -0.919. The van der Waals surface area contributed by atoms with Crippen LogP contribution in [0.2, 0.25) is 0 Å². The van der Waals surface area contributed by atoms with Gasteiger partial charge in [0.25, 0.3) is 0 Å². The maximum absolute atomic E-state index is 13.4. The topological polar surface area (TPSA) is 90.8 Å². The largest absolute Gasteiger partial charge is 0.489 e. The van der Waals surface area contributed by atoms with E-state index in [1.807, 2.05) is 77.4 Å². The van der Waals surface area contributed by atoms with E-state index in [1.54, 1.807) is 0 Å². The Hall–Kier alpha value is -4.82. The molecule has 1 aliphatic rings. The van der Waals surface area contributed by atoms with Crippen molar-refractivity contribution in [2.24, 2.45) is 5.92 Å². The van der Waals surface area contributed by atoms with Crippen LogP contribution in [0, 0.1) is 5.92 Å². The predicted molar refractivity (Wildman–Crippen MR) is 176 cm³/mol. The Labute approximate surface area is 263 Å². The number of nitrogens with zero attached hydrogens (tertiary/aromatic N) is 3. The second kappa shape index (κ2) is 13.9. The first-order chi connectivity index (χ1) is 22.0. The quantitative estimate of drug-likeness (QED) is 0.171. The summed E-state index contributed by atoms with van der Waals surface area (Å²) in [6.07, 6.45) is 0.442. The van der Waals surface area contributed by atoms with E-state index in [1.165, 1.54) is 10.5 Å². The molecule has 1 amide bonds. The van der Waals surface area contributed by atoms with Gasteiger partial charge in [-0.05, 0) is 53.8 Å².